The number of phenols is 2. The van der Waals surface area contributed by atoms with Gasteiger partial charge in [0.05, 0.1) is 23.8 Å². The van der Waals surface area contributed by atoms with Gasteiger partial charge in [0, 0.05) is 30.0 Å². The number of fused-ring (bicyclic) bond motifs is 3. The maximum absolute atomic E-state index is 13.1. The van der Waals surface area contributed by atoms with Crippen LogP contribution in [0.4, 0.5) is 0 Å². The van der Waals surface area contributed by atoms with Crippen molar-refractivity contribution in [1.29, 1.82) is 0 Å². The average molecular weight is 380 g/mol. The zero-order valence-corrected chi connectivity index (χ0v) is 15.2. The summed E-state index contributed by atoms with van der Waals surface area (Å²) in [6.07, 6.45) is 1.76. The average Bonchev–Trinajstić information content (AvgIpc) is 2.67. The Morgan fingerprint density at radius 3 is 2.36 bits per heavy atom. The number of ketones is 2. The van der Waals surface area contributed by atoms with Gasteiger partial charge in [-0.05, 0) is 18.6 Å². The lowest BCUT2D eigenvalue weighted by molar-refractivity contribution is -0.137. The van der Waals surface area contributed by atoms with Crippen molar-refractivity contribution in [2.75, 3.05) is 7.11 Å². The quantitative estimate of drug-likeness (QED) is 0.519. The summed E-state index contributed by atoms with van der Waals surface area (Å²) in [4.78, 5) is 37.4. The van der Waals surface area contributed by atoms with Gasteiger partial charge in [-0.15, -0.1) is 0 Å². The molecule has 0 fully saturated rings. The number of ether oxygens (including phenoxy) is 2. The fourth-order valence-corrected chi connectivity index (χ4v) is 3.79. The summed E-state index contributed by atoms with van der Waals surface area (Å²) in [6, 6.07) is 4.60. The van der Waals surface area contributed by atoms with Crippen LogP contribution in [0.25, 0.3) is 0 Å². The topological polar surface area (TPSA) is 110 Å². The van der Waals surface area contributed by atoms with Gasteiger partial charge in [-0.1, -0.05) is 12.1 Å². The van der Waals surface area contributed by atoms with E-state index in [-0.39, 0.29) is 57.9 Å². The van der Waals surface area contributed by atoms with Gasteiger partial charge in [-0.25, -0.2) is 0 Å². The molecule has 142 valence electrons. The molecular formula is C21H16O7. The SMILES string of the molecule is COc1cccc2c1C(=O)c1c(O)c3c(c(O)c1C2=O)CC(OC(C)=O)=CC3. The number of phenolic OH excluding ortho intramolecular Hbond substituents is 2. The van der Waals surface area contributed by atoms with Crippen molar-refractivity contribution in [3.05, 3.63) is 63.4 Å². The minimum Gasteiger partial charge on any atom is -0.507 e. The number of hydrogen-bond donors (Lipinski definition) is 2. The van der Waals surface area contributed by atoms with Crippen LogP contribution in [0, 0.1) is 0 Å². The Morgan fingerprint density at radius 1 is 1.00 bits per heavy atom. The summed E-state index contributed by atoms with van der Waals surface area (Å²) in [5.74, 6) is -1.89. The van der Waals surface area contributed by atoms with Crippen molar-refractivity contribution in [1.82, 2.24) is 0 Å². The second-order valence-corrected chi connectivity index (χ2v) is 6.59. The molecule has 0 aromatic heterocycles. The highest BCUT2D eigenvalue weighted by atomic mass is 16.5. The molecule has 0 radical (unpaired) electrons. The smallest absolute Gasteiger partial charge is 0.307 e. The van der Waals surface area contributed by atoms with Gasteiger partial charge in [-0.2, -0.15) is 0 Å². The first kappa shape index (κ1) is 17.8. The van der Waals surface area contributed by atoms with Crippen molar-refractivity contribution in [2.45, 2.75) is 19.8 Å². The monoisotopic (exact) mass is 380 g/mol. The third-order valence-corrected chi connectivity index (χ3v) is 4.99. The first-order valence-electron chi connectivity index (χ1n) is 8.58. The molecule has 0 spiro atoms. The van der Waals surface area contributed by atoms with E-state index in [1.165, 1.54) is 20.1 Å². The number of carbonyl (C=O) groups is 3. The van der Waals surface area contributed by atoms with Crippen molar-refractivity contribution < 1.29 is 34.1 Å². The normalized spacial score (nSPS) is 14.6. The Labute approximate surface area is 159 Å². The van der Waals surface area contributed by atoms with E-state index in [1.54, 1.807) is 18.2 Å². The Bertz CT molecular complexity index is 1110. The Hall–Kier alpha value is -3.61. The lowest BCUT2D eigenvalue weighted by Gasteiger charge is -2.26. The summed E-state index contributed by atoms with van der Waals surface area (Å²) in [5, 5.41) is 21.6. The third kappa shape index (κ3) is 2.40. The number of allylic oxidation sites excluding steroid dienone is 2. The van der Waals surface area contributed by atoms with E-state index in [9.17, 15) is 24.6 Å². The molecule has 0 atom stereocenters. The first-order valence-corrected chi connectivity index (χ1v) is 8.58. The number of aromatic hydroxyl groups is 2. The number of hydrogen-bond acceptors (Lipinski definition) is 7. The second-order valence-electron chi connectivity index (χ2n) is 6.59. The summed E-state index contributed by atoms with van der Waals surface area (Å²) < 4.78 is 10.3. The van der Waals surface area contributed by atoms with Crippen molar-refractivity contribution in [3.63, 3.8) is 0 Å². The number of esters is 1. The summed E-state index contributed by atoms with van der Waals surface area (Å²) in [6.45, 7) is 1.26. The number of benzene rings is 2. The Morgan fingerprint density at radius 2 is 1.68 bits per heavy atom. The van der Waals surface area contributed by atoms with Gasteiger partial charge in [0.1, 0.15) is 23.0 Å². The van der Waals surface area contributed by atoms with E-state index in [0.717, 1.165) is 0 Å². The van der Waals surface area contributed by atoms with E-state index >= 15 is 0 Å². The Balaban J connectivity index is 1.94. The van der Waals surface area contributed by atoms with Gasteiger partial charge >= 0.3 is 5.97 Å². The van der Waals surface area contributed by atoms with Gasteiger partial charge in [0.2, 0.25) is 5.78 Å². The molecule has 28 heavy (non-hydrogen) atoms. The van der Waals surface area contributed by atoms with Crippen LogP contribution < -0.4 is 4.74 Å². The second kappa shape index (κ2) is 6.23. The van der Waals surface area contributed by atoms with Crippen LogP contribution >= 0.6 is 0 Å². The lowest BCUT2D eigenvalue weighted by atomic mass is 9.78. The van der Waals surface area contributed by atoms with Gasteiger partial charge in [0.15, 0.2) is 5.78 Å². The van der Waals surface area contributed by atoms with Crippen LogP contribution in [-0.2, 0) is 22.4 Å². The lowest BCUT2D eigenvalue weighted by Crippen LogP contribution is -2.24. The predicted octanol–water partition coefficient (Wildman–Crippen LogP) is 2.43. The molecule has 2 aliphatic rings. The molecule has 7 heteroatoms. The number of methoxy groups -OCH3 is 1. The molecule has 2 aromatic carbocycles. The van der Waals surface area contributed by atoms with Crippen LogP contribution in [0.1, 0.15) is 49.9 Å². The molecule has 2 aliphatic carbocycles. The maximum Gasteiger partial charge on any atom is 0.307 e. The van der Waals surface area contributed by atoms with Crippen molar-refractivity contribution >= 4 is 17.5 Å². The Kier molecular flexibility index (Phi) is 3.96. The largest absolute Gasteiger partial charge is 0.507 e. The third-order valence-electron chi connectivity index (χ3n) is 4.99. The highest BCUT2D eigenvalue weighted by molar-refractivity contribution is 6.31. The summed E-state index contributed by atoms with van der Waals surface area (Å²) >= 11 is 0. The first-order chi connectivity index (χ1) is 13.3. The van der Waals surface area contributed by atoms with Crippen LogP contribution in [0.2, 0.25) is 0 Å². The summed E-state index contributed by atoms with van der Waals surface area (Å²) in [5.41, 5.74) is 0.268. The minimum atomic E-state index is -0.590. The molecule has 0 heterocycles. The predicted molar refractivity (Wildman–Crippen MR) is 96.9 cm³/mol. The van der Waals surface area contributed by atoms with E-state index in [0.29, 0.717) is 11.3 Å². The molecule has 7 nitrogen and oxygen atoms in total. The molecule has 0 aliphatic heterocycles. The standard InChI is InChI=1S/C21H16O7/c1-9(22)28-10-6-7-11-13(8-10)20(25)16-17(18(11)23)21(26)15-12(19(16)24)4-3-5-14(15)27-2/h3-6,23,25H,7-8H2,1-2H3. The fourth-order valence-electron chi connectivity index (χ4n) is 3.79. The van der Waals surface area contributed by atoms with E-state index < -0.39 is 17.5 Å². The molecule has 0 bridgehead atoms. The van der Waals surface area contributed by atoms with E-state index in [2.05, 4.69) is 0 Å². The van der Waals surface area contributed by atoms with Crippen molar-refractivity contribution in [2.24, 2.45) is 0 Å². The molecule has 0 saturated heterocycles. The zero-order valence-electron chi connectivity index (χ0n) is 15.2. The number of carbonyl (C=O) groups excluding carboxylic acids is 3. The van der Waals surface area contributed by atoms with Gasteiger partial charge in [-0.3, -0.25) is 14.4 Å². The molecule has 2 N–H and O–H groups in total. The zero-order chi connectivity index (χ0) is 20.2. The molecular weight excluding hydrogens is 364 g/mol. The van der Waals surface area contributed by atoms with Crippen LogP contribution in [0.5, 0.6) is 17.2 Å². The maximum atomic E-state index is 13.1. The van der Waals surface area contributed by atoms with Gasteiger partial charge < -0.3 is 19.7 Å². The van der Waals surface area contributed by atoms with Crippen LogP contribution in [0.15, 0.2) is 30.0 Å². The minimum absolute atomic E-state index is 0.0219. The van der Waals surface area contributed by atoms with Gasteiger partial charge in [0.25, 0.3) is 0 Å². The fraction of sp³-hybridized carbons (Fsp3) is 0.190. The molecule has 0 saturated carbocycles. The van der Waals surface area contributed by atoms with Crippen LogP contribution in [0.3, 0.4) is 0 Å². The highest BCUT2D eigenvalue weighted by Crippen LogP contribution is 2.46. The van der Waals surface area contributed by atoms with Crippen LogP contribution in [-0.4, -0.2) is 34.9 Å². The summed E-state index contributed by atoms with van der Waals surface area (Å²) in [7, 11) is 1.38. The molecule has 4 rings (SSSR count). The molecule has 0 unspecified atom stereocenters. The van der Waals surface area contributed by atoms with E-state index in [1.807, 2.05) is 0 Å². The highest BCUT2D eigenvalue weighted by Gasteiger charge is 2.39. The number of rotatable bonds is 2. The molecule has 2 aromatic rings. The van der Waals surface area contributed by atoms with E-state index in [4.69, 9.17) is 9.47 Å². The molecule has 0 amide bonds. The van der Waals surface area contributed by atoms with Crippen molar-refractivity contribution in [3.8, 4) is 17.2 Å².